The van der Waals surface area contributed by atoms with Crippen LogP contribution < -0.4 is 4.90 Å². The van der Waals surface area contributed by atoms with Crippen molar-refractivity contribution in [1.29, 1.82) is 0 Å². The smallest absolute Gasteiger partial charge is 0.159 e. The van der Waals surface area contributed by atoms with Crippen molar-refractivity contribution in [3.8, 4) is 0 Å². The zero-order chi connectivity index (χ0) is 21.6. The van der Waals surface area contributed by atoms with E-state index >= 15 is 0 Å². The van der Waals surface area contributed by atoms with Gasteiger partial charge in [0.25, 0.3) is 0 Å². The molecular formula is C26H34NO3Y-. The number of benzene rings is 2. The summed E-state index contributed by atoms with van der Waals surface area (Å²) in [5.41, 5.74) is 2.91. The van der Waals surface area contributed by atoms with Crippen molar-refractivity contribution < 1.29 is 47.3 Å². The Kier molecular flexibility index (Phi) is 10.3. The van der Waals surface area contributed by atoms with Crippen LogP contribution >= 0.6 is 0 Å². The maximum atomic E-state index is 12.5. The van der Waals surface area contributed by atoms with E-state index in [0.29, 0.717) is 26.2 Å². The number of ketones is 1. The number of aliphatic hydroxyl groups is 1. The molecule has 5 heteroatoms. The molecule has 1 aliphatic rings. The van der Waals surface area contributed by atoms with E-state index in [-0.39, 0.29) is 56.1 Å². The summed E-state index contributed by atoms with van der Waals surface area (Å²) in [4.78, 5) is 14.6. The minimum Gasteiger partial charge on any atom is -0.392 e. The molecule has 2 atom stereocenters. The van der Waals surface area contributed by atoms with Crippen LogP contribution in [0.2, 0.25) is 0 Å². The van der Waals surface area contributed by atoms with Crippen molar-refractivity contribution in [2.24, 2.45) is 0 Å². The number of rotatable bonds is 10. The summed E-state index contributed by atoms with van der Waals surface area (Å²) in [5.74, 6) is 0.231. The molecule has 0 amide bonds. The monoisotopic (exact) mass is 497 g/mol. The fraction of sp³-hybridized carbons (Fsp3) is 0.500. The Morgan fingerprint density at radius 3 is 2.65 bits per heavy atom. The summed E-state index contributed by atoms with van der Waals surface area (Å²) >= 11 is 0. The average Bonchev–Trinajstić information content (AvgIpc) is 3.13. The molecule has 1 radical (unpaired) electrons. The number of unbranched alkanes of at least 4 members (excludes halogenated alkanes) is 1. The number of nitrogens with zero attached hydrogens (tertiary/aromatic N) is 1. The fourth-order valence-corrected chi connectivity index (χ4v) is 4.06. The van der Waals surface area contributed by atoms with Gasteiger partial charge in [0.15, 0.2) is 5.78 Å². The number of hydrogen-bond acceptors (Lipinski definition) is 4. The predicted octanol–water partition coefficient (Wildman–Crippen LogP) is 4.68. The van der Waals surface area contributed by atoms with Crippen molar-refractivity contribution in [2.45, 2.75) is 70.6 Å². The zero-order valence-electron chi connectivity index (χ0n) is 19.0. The molecule has 3 rings (SSSR count). The number of carbonyl (C=O) groups is 1. The van der Waals surface area contributed by atoms with Gasteiger partial charge in [-0.15, -0.1) is 5.56 Å². The summed E-state index contributed by atoms with van der Waals surface area (Å²) in [6.45, 7) is 7.92. The van der Waals surface area contributed by atoms with Gasteiger partial charge in [0, 0.05) is 63.4 Å². The van der Waals surface area contributed by atoms with E-state index in [4.69, 9.17) is 4.74 Å². The first-order valence-corrected chi connectivity index (χ1v) is 11.0. The van der Waals surface area contributed by atoms with Crippen LogP contribution in [0.15, 0.2) is 48.5 Å². The van der Waals surface area contributed by atoms with Crippen LogP contribution in [0.5, 0.6) is 0 Å². The first-order valence-electron chi connectivity index (χ1n) is 11.0. The second-order valence-corrected chi connectivity index (χ2v) is 8.78. The molecule has 1 fully saturated rings. The van der Waals surface area contributed by atoms with Crippen molar-refractivity contribution in [3.05, 3.63) is 65.7 Å². The second kappa shape index (κ2) is 12.2. The molecule has 1 aliphatic heterocycles. The van der Waals surface area contributed by atoms with Gasteiger partial charge in [-0.3, -0.25) is 4.79 Å². The molecule has 0 saturated carbocycles. The van der Waals surface area contributed by atoms with Crippen molar-refractivity contribution in [3.63, 3.8) is 0 Å². The molecule has 1 heterocycles. The van der Waals surface area contributed by atoms with Crippen molar-refractivity contribution in [2.75, 3.05) is 18.1 Å². The Labute approximate surface area is 212 Å². The molecule has 4 nitrogen and oxygen atoms in total. The number of anilines is 1. The maximum Gasteiger partial charge on any atom is 0.159 e. The first-order chi connectivity index (χ1) is 14.4. The minimum atomic E-state index is -0.368. The van der Waals surface area contributed by atoms with E-state index in [2.05, 4.69) is 56.0 Å². The topological polar surface area (TPSA) is 49.8 Å². The molecule has 1 N–H and O–H groups in total. The van der Waals surface area contributed by atoms with Crippen LogP contribution in [0, 0.1) is 6.07 Å². The van der Waals surface area contributed by atoms with Crippen LogP contribution in [0.3, 0.4) is 0 Å². The number of ether oxygens (including phenoxy) is 1. The Bertz CT molecular complexity index is 807. The van der Waals surface area contributed by atoms with E-state index in [0.717, 1.165) is 36.1 Å². The van der Waals surface area contributed by atoms with Crippen LogP contribution in [-0.2, 0) is 54.3 Å². The first kappa shape index (κ1) is 26.2. The van der Waals surface area contributed by atoms with E-state index < -0.39 is 0 Å². The molecule has 2 aromatic rings. The van der Waals surface area contributed by atoms with Crippen molar-refractivity contribution in [1.82, 2.24) is 0 Å². The quantitative estimate of drug-likeness (QED) is 0.485. The van der Waals surface area contributed by atoms with Gasteiger partial charge in [0.05, 0.1) is 12.7 Å². The Balaban J connectivity index is 0.00000341. The number of aliphatic hydroxyl groups excluding tert-OH is 1. The van der Waals surface area contributed by atoms with Crippen LogP contribution in [0.25, 0.3) is 0 Å². The van der Waals surface area contributed by atoms with Gasteiger partial charge < -0.3 is 14.7 Å². The Hall–Kier alpha value is -1.07. The summed E-state index contributed by atoms with van der Waals surface area (Å²) in [7, 11) is 0. The van der Waals surface area contributed by atoms with E-state index in [9.17, 15) is 9.90 Å². The van der Waals surface area contributed by atoms with E-state index in [1.54, 1.807) is 0 Å². The number of carbonyl (C=O) groups excluding carboxylic acids is 1. The fourth-order valence-electron chi connectivity index (χ4n) is 4.06. The van der Waals surface area contributed by atoms with E-state index in [1.165, 1.54) is 0 Å². The molecule has 31 heavy (non-hydrogen) atoms. The molecule has 165 valence electrons. The normalized spacial score (nSPS) is 17.5. The predicted molar refractivity (Wildman–Crippen MR) is 121 cm³/mol. The summed E-state index contributed by atoms with van der Waals surface area (Å²) in [5, 5.41) is 10.6. The number of hydrogen-bond donors (Lipinski definition) is 1. The summed E-state index contributed by atoms with van der Waals surface area (Å²) in [6.07, 6.45) is 3.11. The average molecular weight is 497 g/mol. The molecule has 2 aromatic carbocycles. The van der Waals surface area contributed by atoms with Gasteiger partial charge in [-0.05, 0) is 24.1 Å². The summed E-state index contributed by atoms with van der Waals surface area (Å²) in [6, 6.07) is 18.8. The van der Waals surface area contributed by atoms with E-state index in [1.807, 2.05) is 24.3 Å². The van der Waals surface area contributed by atoms with Crippen molar-refractivity contribution >= 4 is 11.5 Å². The van der Waals surface area contributed by atoms with Gasteiger partial charge >= 0.3 is 0 Å². The summed E-state index contributed by atoms with van der Waals surface area (Å²) < 4.78 is 5.86. The molecule has 0 aromatic heterocycles. The number of Topliss-reactive ketones (excluding diaryl/α,β-unsaturated/α-hetero) is 1. The molecule has 0 bridgehead atoms. The van der Waals surface area contributed by atoms with Crippen LogP contribution in [0.4, 0.5) is 5.69 Å². The third-order valence-corrected chi connectivity index (χ3v) is 6.27. The van der Waals surface area contributed by atoms with Gasteiger partial charge in [0.2, 0.25) is 0 Å². The zero-order valence-corrected chi connectivity index (χ0v) is 21.8. The molecule has 0 spiro atoms. The third-order valence-electron chi connectivity index (χ3n) is 6.27. The largest absolute Gasteiger partial charge is 0.392 e. The van der Waals surface area contributed by atoms with Crippen LogP contribution in [-0.4, -0.2) is 36.2 Å². The van der Waals surface area contributed by atoms with Crippen LogP contribution in [0.1, 0.15) is 57.6 Å². The third kappa shape index (κ3) is 6.71. The van der Waals surface area contributed by atoms with Gasteiger partial charge in [0.1, 0.15) is 6.04 Å². The Morgan fingerprint density at radius 2 is 2.00 bits per heavy atom. The molecule has 2 unspecified atom stereocenters. The maximum absolute atomic E-state index is 12.5. The minimum absolute atomic E-state index is 0. The standard InChI is InChI=1S/C26H34NO3.Y/c1-4-5-11-25(29)26(2,3)21-12-14-22(15-13-21)27-17-16-24(28)23(27)19-30-18-20-9-7-6-8-10-20;/h6-7,9-10,12-15,23,25,29H,4-5,11,16-19H2,1-3H3;/q-1;. The van der Waals surface area contributed by atoms with Gasteiger partial charge in [-0.1, -0.05) is 45.7 Å². The van der Waals surface area contributed by atoms with Gasteiger partial charge in [-0.2, -0.15) is 30.3 Å². The molecular weight excluding hydrogens is 463 g/mol. The molecule has 1 saturated heterocycles. The Morgan fingerprint density at radius 1 is 1.26 bits per heavy atom. The molecule has 0 aliphatic carbocycles. The van der Waals surface area contributed by atoms with Gasteiger partial charge in [-0.25, -0.2) is 0 Å². The SMILES string of the molecule is CCCCC(O)C(C)(C)c1ccc(N2CCC(=O)C2COCc2c[c-]ccc2)cc1.[Y]. The second-order valence-electron chi connectivity index (χ2n) is 8.78.